The zero-order chi connectivity index (χ0) is 21.9. The molecule has 0 unspecified atom stereocenters. The monoisotopic (exact) mass is 414 g/mol. The van der Waals surface area contributed by atoms with Crippen LogP contribution in [0.5, 0.6) is 0 Å². The Balaban J connectivity index is 1.91. The summed E-state index contributed by atoms with van der Waals surface area (Å²) >= 11 is 0. The molecule has 2 aromatic carbocycles. The lowest BCUT2D eigenvalue weighted by Gasteiger charge is -2.23. The Kier molecular flexibility index (Phi) is 8.83. The van der Waals surface area contributed by atoms with Gasteiger partial charge in [0.1, 0.15) is 18.7 Å². The minimum atomic E-state index is -1.35. The second kappa shape index (κ2) is 11.6. The molecule has 30 heavy (non-hydrogen) atoms. The smallest absolute Gasteiger partial charge is 0.408 e. The molecule has 2 aromatic rings. The van der Waals surface area contributed by atoms with Crippen LogP contribution >= 0.6 is 0 Å². The number of aryl methyl sites for hydroxylation is 1. The van der Waals surface area contributed by atoms with Gasteiger partial charge < -0.3 is 25.6 Å². The lowest BCUT2D eigenvalue weighted by molar-refractivity contribution is -0.142. The molecule has 0 aliphatic carbocycles. The van der Waals surface area contributed by atoms with Gasteiger partial charge in [0.15, 0.2) is 0 Å². The highest BCUT2D eigenvalue weighted by Gasteiger charge is 2.30. The highest BCUT2D eigenvalue weighted by Crippen LogP contribution is 2.07. The summed E-state index contributed by atoms with van der Waals surface area (Å²) in [4.78, 5) is 36.1. The van der Waals surface area contributed by atoms with Crippen LogP contribution in [0.2, 0.25) is 0 Å². The molecular formula is C22H26N2O6. The van der Waals surface area contributed by atoms with Crippen LogP contribution in [0, 0.1) is 0 Å². The maximum absolute atomic E-state index is 12.5. The molecule has 3 atom stereocenters. The number of aliphatic hydroxyl groups is 1. The van der Waals surface area contributed by atoms with E-state index < -0.39 is 36.2 Å². The summed E-state index contributed by atoms with van der Waals surface area (Å²) in [7, 11) is 0. The van der Waals surface area contributed by atoms with E-state index in [9.17, 15) is 24.6 Å². The number of carbonyl (C=O) groups is 3. The van der Waals surface area contributed by atoms with Crippen molar-refractivity contribution in [3.05, 3.63) is 71.8 Å². The number of alkyl carbamates (subject to hydrolysis) is 1. The molecular weight excluding hydrogens is 388 g/mol. The van der Waals surface area contributed by atoms with Gasteiger partial charge in [0, 0.05) is 0 Å². The number of rotatable bonds is 10. The second-order valence-electron chi connectivity index (χ2n) is 6.85. The molecule has 2 amide bonds. The molecule has 2 rings (SSSR count). The van der Waals surface area contributed by atoms with Crippen LogP contribution < -0.4 is 10.6 Å². The highest BCUT2D eigenvalue weighted by molar-refractivity contribution is 5.89. The molecule has 0 spiro atoms. The van der Waals surface area contributed by atoms with E-state index in [1.54, 1.807) is 24.3 Å². The molecule has 0 saturated carbocycles. The predicted octanol–water partition coefficient (Wildman–Crippen LogP) is 1.86. The molecule has 8 heteroatoms. The van der Waals surface area contributed by atoms with E-state index in [0.29, 0.717) is 6.42 Å². The predicted molar refractivity (Wildman–Crippen MR) is 110 cm³/mol. The van der Waals surface area contributed by atoms with Crippen LogP contribution in [-0.2, 0) is 27.4 Å². The van der Waals surface area contributed by atoms with Crippen molar-refractivity contribution in [2.45, 2.75) is 44.6 Å². The SMILES string of the molecule is C[C@@H](O)[C@H](NC(=O)OCc1ccccc1)C(=O)N[C@@H](CCc1ccccc1)C(=O)O. The minimum Gasteiger partial charge on any atom is -0.480 e. The Hall–Kier alpha value is -3.39. The van der Waals surface area contributed by atoms with E-state index in [1.165, 1.54) is 6.92 Å². The zero-order valence-corrected chi connectivity index (χ0v) is 16.7. The lowest BCUT2D eigenvalue weighted by Crippen LogP contribution is -2.55. The lowest BCUT2D eigenvalue weighted by atomic mass is 10.0. The van der Waals surface area contributed by atoms with Gasteiger partial charge in [0.05, 0.1) is 6.10 Å². The van der Waals surface area contributed by atoms with Crippen LogP contribution in [0.1, 0.15) is 24.5 Å². The Morgan fingerprint density at radius 1 is 0.933 bits per heavy atom. The fourth-order valence-electron chi connectivity index (χ4n) is 2.77. The number of aliphatic carboxylic acids is 1. The number of ether oxygens (including phenoxy) is 1. The zero-order valence-electron chi connectivity index (χ0n) is 16.7. The fourth-order valence-corrected chi connectivity index (χ4v) is 2.77. The largest absolute Gasteiger partial charge is 0.480 e. The van der Waals surface area contributed by atoms with Crippen molar-refractivity contribution in [1.29, 1.82) is 0 Å². The van der Waals surface area contributed by atoms with Crippen molar-refractivity contribution in [2.75, 3.05) is 0 Å². The molecule has 0 aliphatic heterocycles. The first-order chi connectivity index (χ1) is 14.4. The molecule has 0 heterocycles. The number of hydrogen-bond acceptors (Lipinski definition) is 5. The molecule has 4 N–H and O–H groups in total. The van der Waals surface area contributed by atoms with Crippen molar-refractivity contribution < 1.29 is 29.3 Å². The third-order valence-corrected chi connectivity index (χ3v) is 4.43. The van der Waals surface area contributed by atoms with Gasteiger partial charge in [0.25, 0.3) is 0 Å². The summed E-state index contributed by atoms with van der Waals surface area (Å²) in [6.07, 6.45) is -1.53. The summed E-state index contributed by atoms with van der Waals surface area (Å²) in [5.74, 6) is -2.00. The maximum atomic E-state index is 12.5. The molecule has 0 aromatic heterocycles. The second-order valence-corrected chi connectivity index (χ2v) is 6.85. The molecule has 0 bridgehead atoms. The van der Waals surface area contributed by atoms with Crippen LogP contribution in [0.4, 0.5) is 4.79 Å². The standard InChI is InChI=1S/C22H26N2O6/c1-15(25)19(24-22(29)30-14-17-10-6-3-7-11-17)20(26)23-18(21(27)28)13-12-16-8-4-2-5-9-16/h2-11,15,18-19,25H,12-14H2,1H3,(H,23,26)(H,24,29)(H,27,28)/t15-,18+,19+/m1/s1. The Morgan fingerprint density at radius 3 is 2.03 bits per heavy atom. The van der Waals surface area contributed by atoms with Crippen LogP contribution in [0.3, 0.4) is 0 Å². The van der Waals surface area contributed by atoms with Crippen molar-refractivity contribution in [3.63, 3.8) is 0 Å². The minimum absolute atomic E-state index is 0.00432. The molecule has 0 aliphatic rings. The van der Waals surface area contributed by atoms with E-state index in [-0.39, 0.29) is 13.0 Å². The third-order valence-electron chi connectivity index (χ3n) is 4.43. The first kappa shape index (κ1) is 22.9. The van der Waals surface area contributed by atoms with Gasteiger partial charge in [0.2, 0.25) is 5.91 Å². The summed E-state index contributed by atoms with van der Waals surface area (Å²) in [5, 5.41) is 24.0. The normalized spacial score (nSPS) is 13.5. The summed E-state index contributed by atoms with van der Waals surface area (Å²) in [5.41, 5.74) is 1.70. The summed E-state index contributed by atoms with van der Waals surface area (Å²) in [6.45, 7) is 1.32. The Labute approximate surface area is 174 Å². The van der Waals surface area contributed by atoms with E-state index in [1.807, 2.05) is 36.4 Å². The summed E-state index contributed by atoms with van der Waals surface area (Å²) < 4.78 is 5.06. The number of carbonyl (C=O) groups excluding carboxylic acids is 2. The number of benzene rings is 2. The van der Waals surface area contributed by atoms with Gasteiger partial charge in [-0.05, 0) is 30.9 Å². The molecule has 0 saturated heterocycles. The maximum Gasteiger partial charge on any atom is 0.408 e. The van der Waals surface area contributed by atoms with Crippen molar-refractivity contribution in [1.82, 2.24) is 10.6 Å². The topological polar surface area (TPSA) is 125 Å². The van der Waals surface area contributed by atoms with Gasteiger partial charge in [-0.25, -0.2) is 9.59 Å². The van der Waals surface area contributed by atoms with Gasteiger partial charge in [-0.1, -0.05) is 60.7 Å². The molecule has 160 valence electrons. The first-order valence-electron chi connectivity index (χ1n) is 9.59. The van der Waals surface area contributed by atoms with Gasteiger partial charge in [-0.2, -0.15) is 0 Å². The van der Waals surface area contributed by atoms with E-state index in [4.69, 9.17) is 4.74 Å². The van der Waals surface area contributed by atoms with E-state index in [2.05, 4.69) is 10.6 Å². The van der Waals surface area contributed by atoms with Gasteiger partial charge in [-0.3, -0.25) is 4.79 Å². The third kappa shape index (κ3) is 7.56. The van der Waals surface area contributed by atoms with E-state index in [0.717, 1.165) is 11.1 Å². The number of amides is 2. The molecule has 0 fully saturated rings. The summed E-state index contributed by atoms with van der Waals surface area (Å²) in [6, 6.07) is 15.7. The van der Waals surface area contributed by atoms with Crippen molar-refractivity contribution >= 4 is 18.0 Å². The highest BCUT2D eigenvalue weighted by atomic mass is 16.5. The molecule has 0 radical (unpaired) electrons. The van der Waals surface area contributed by atoms with E-state index >= 15 is 0 Å². The molecule has 8 nitrogen and oxygen atoms in total. The number of nitrogens with one attached hydrogen (secondary N) is 2. The average Bonchev–Trinajstić information content (AvgIpc) is 2.74. The van der Waals surface area contributed by atoms with Crippen LogP contribution in [0.25, 0.3) is 0 Å². The fraction of sp³-hybridized carbons (Fsp3) is 0.318. The number of aliphatic hydroxyl groups excluding tert-OH is 1. The van der Waals surface area contributed by atoms with Gasteiger partial charge in [-0.15, -0.1) is 0 Å². The average molecular weight is 414 g/mol. The first-order valence-corrected chi connectivity index (χ1v) is 9.59. The Morgan fingerprint density at radius 2 is 1.50 bits per heavy atom. The van der Waals surface area contributed by atoms with Crippen LogP contribution in [0.15, 0.2) is 60.7 Å². The van der Waals surface area contributed by atoms with Crippen molar-refractivity contribution in [3.8, 4) is 0 Å². The van der Waals surface area contributed by atoms with Crippen molar-refractivity contribution in [2.24, 2.45) is 0 Å². The van der Waals surface area contributed by atoms with Gasteiger partial charge >= 0.3 is 12.1 Å². The Bertz CT molecular complexity index is 826. The number of carboxylic acids is 1. The number of hydrogen-bond donors (Lipinski definition) is 4. The number of carboxylic acid groups (broad SMARTS) is 1. The van der Waals surface area contributed by atoms with Crippen LogP contribution in [-0.4, -0.2) is 46.4 Å². The quantitative estimate of drug-likeness (QED) is 0.470.